The quantitative estimate of drug-likeness (QED) is 0.0159. The van der Waals surface area contributed by atoms with Crippen molar-refractivity contribution in [1.82, 2.24) is 26.4 Å². The van der Waals surface area contributed by atoms with E-state index in [1.165, 1.54) is 43.3 Å². The molecule has 12 atom stereocenters. The highest BCUT2D eigenvalue weighted by molar-refractivity contribution is 6.15. The fraction of sp³-hybridized carbons (Fsp3) is 0.618. The van der Waals surface area contributed by atoms with E-state index in [-0.39, 0.29) is 81.2 Å². The molecular formula is C55H84N10O15. The number of nitrogens with zero attached hydrogens (tertiary/aromatic N) is 2. The lowest BCUT2D eigenvalue weighted by Gasteiger charge is -2.39. The Morgan fingerprint density at radius 2 is 1.57 bits per heavy atom. The molecule has 0 bridgehead atoms. The van der Waals surface area contributed by atoms with E-state index in [9.17, 15) is 48.3 Å². The molecule has 0 unspecified atom stereocenters. The second-order valence-corrected chi connectivity index (χ2v) is 21.1. The number of epoxide rings is 1. The number of allylic oxidation sites excluding steroid dienone is 2. The molecule has 0 aliphatic carbocycles. The zero-order valence-corrected chi connectivity index (χ0v) is 47.2. The lowest BCUT2D eigenvalue weighted by atomic mass is 9.87. The van der Waals surface area contributed by atoms with E-state index in [4.69, 9.17) is 46.6 Å². The average Bonchev–Trinajstić information content (AvgIpc) is 4.17. The van der Waals surface area contributed by atoms with E-state index in [0.29, 0.717) is 49.1 Å². The van der Waals surface area contributed by atoms with Gasteiger partial charge in [0.1, 0.15) is 42.6 Å². The van der Waals surface area contributed by atoms with Crippen LogP contribution in [0.25, 0.3) is 0 Å². The number of rotatable bonds is 26. The molecule has 1 aromatic rings. The first kappa shape index (κ1) is 65.9. The molecule has 1 spiro atoms. The molecule has 0 radical (unpaired) electrons. The standard InChI is InChI=1S/C55H84N10O15/c1-31(2)48(61-50(71)41(58)12-9-10-24-56)52(73)64(36(7)66)51(72)43(13-11-25-57)65(53(59)74)39-19-17-38(18-20-39)29-76-54(75)63-62-47(69)27-40-28-55(30-77-55)49(70)45(80-40)22-15-32(3)14-21-44-33(4)26-42(35(6)79-44)60-46(68)23-16-34(5)78-37(8)67/h14-20,22-23,31,33-35,40-45,48-49,70H,9-13,21,24-30,56-58H2,1-8H3,(H2,59,74)(H,60,68)(H,61,71)(H,62,69)(H,63,75)/b22-15+,23-16-,32-14+/t33-,34-,35+,40+,41-,42+,43-,44-,45+,48-,49+,55+/m0/s1. The first-order valence-electron chi connectivity index (χ1n) is 27.2. The van der Waals surface area contributed by atoms with Gasteiger partial charge in [0.15, 0.2) is 0 Å². The van der Waals surface area contributed by atoms with E-state index in [1.54, 1.807) is 26.8 Å². The summed E-state index contributed by atoms with van der Waals surface area (Å²) >= 11 is 0. The van der Waals surface area contributed by atoms with E-state index >= 15 is 0 Å². The highest BCUT2D eigenvalue weighted by atomic mass is 16.6. The first-order valence-corrected chi connectivity index (χ1v) is 27.2. The number of unbranched alkanes of at least 4 members (excludes halogenated alkanes) is 1. The Bertz CT molecular complexity index is 2410. The van der Waals surface area contributed by atoms with Gasteiger partial charge in [0.25, 0.3) is 11.8 Å². The van der Waals surface area contributed by atoms with Crippen LogP contribution in [0.5, 0.6) is 0 Å². The summed E-state index contributed by atoms with van der Waals surface area (Å²) in [6, 6.07) is 0.682. The SMILES string of the molecule is CC(=O)O[C@@H](C)/C=C\C(=O)N[C@@H]1C[C@H](C)[C@H](C/C=C(C)/C=C/[C@H]2O[C@H](CC(=O)NNC(=O)OCc3ccc(N(C(N)=O)[C@@H](CCCN)C(=O)N(C(C)=O)C(=O)[C@@H](NC(=O)[C@@H](N)CCCCN)C(C)C)cc3)C[C@@]3(CO3)[C@@H]2O)O[C@@H]1C. The van der Waals surface area contributed by atoms with Crippen molar-refractivity contribution in [3.63, 3.8) is 0 Å². The summed E-state index contributed by atoms with van der Waals surface area (Å²) in [4.78, 5) is 118. The Morgan fingerprint density at radius 3 is 2.17 bits per heavy atom. The highest BCUT2D eigenvalue weighted by Crippen LogP contribution is 2.43. The van der Waals surface area contributed by atoms with Gasteiger partial charge in [0.05, 0.1) is 43.4 Å². The summed E-state index contributed by atoms with van der Waals surface area (Å²) in [5.74, 6) is -5.55. The Morgan fingerprint density at radius 1 is 0.900 bits per heavy atom. The van der Waals surface area contributed by atoms with Gasteiger partial charge < -0.3 is 62.4 Å². The Balaban J connectivity index is 1.30. The molecular weight excluding hydrogens is 1040 g/mol. The van der Waals surface area contributed by atoms with Gasteiger partial charge in [-0.1, -0.05) is 63.1 Å². The van der Waals surface area contributed by atoms with Crippen LogP contribution in [0.2, 0.25) is 0 Å². The maximum Gasteiger partial charge on any atom is 0.426 e. The Hall–Kier alpha value is -6.61. The minimum Gasteiger partial charge on any atom is -0.459 e. The van der Waals surface area contributed by atoms with Gasteiger partial charge in [-0.05, 0) is 108 Å². The number of imide groups is 3. The zero-order valence-electron chi connectivity index (χ0n) is 47.2. The molecule has 444 valence electrons. The number of carbonyl (C=O) groups excluding carboxylic acids is 9. The van der Waals surface area contributed by atoms with Crippen LogP contribution < -0.4 is 49.3 Å². The number of aliphatic hydroxyl groups is 1. The molecule has 3 heterocycles. The molecule has 3 saturated heterocycles. The van der Waals surface area contributed by atoms with Crippen LogP contribution in [-0.2, 0) is 63.9 Å². The number of aliphatic hydroxyl groups excluding tert-OH is 1. The summed E-state index contributed by atoms with van der Waals surface area (Å²) in [6.45, 7) is 13.5. The number of nitrogens with two attached hydrogens (primary N) is 4. The third kappa shape index (κ3) is 19.9. The number of esters is 1. The fourth-order valence-electron chi connectivity index (χ4n) is 9.46. The maximum atomic E-state index is 14.3. The van der Waals surface area contributed by atoms with Crippen molar-refractivity contribution in [2.45, 2.75) is 186 Å². The van der Waals surface area contributed by atoms with Crippen molar-refractivity contribution in [1.29, 1.82) is 0 Å². The summed E-state index contributed by atoms with van der Waals surface area (Å²) in [5, 5.41) is 16.7. The van der Waals surface area contributed by atoms with Gasteiger partial charge in [-0.2, -0.15) is 0 Å². The molecule has 0 saturated carbocycles. The minimum absolute atomic E-state index is 0.0789. The number of amides is 9. The smallest absolute Gasteiger partial charge is 0.426 e. The number of benzene rings is 1. The minimum atomic E-state index is -1.49. The number of hydrogen-bond donors (Lipinski definition) is 9. The van der Waals surface area contributed by atoms with Crippen molar-refractivity contribution < 1.29 is 71.9 Å². The molecule has 3 aliphatic rings. The largest absolute Gasteiger partial charge is 0.459 e. The predicted molar refractivity (Wildman–Crippen MR) is 293 cm³/mol. The number of hydrogen-bond acceptors (Lipinski definition) is 18. The third-order valence-electron chi connectivity index (χ3n) is 14.0. The molecule has 25 nitrogen and oxygen atoms in total. The monoisotopic (exact) mass is 1120 g/mol. The maximum absolute atomic E-state index is 14.3. The van der Waals surface area contributed by atoms with E-state index < -0.39 is 102 Å². The number of urea groups is 1. The number of anilines is 1. The summed E-state index contributed by atoms with van der Waals surface area (Å²) in [5.41, 5.74) is 28.2. The van der Waals surface area contributed by atoms with Crippen LogP contribution in [0.3, 0.4) is 0 Å². The van der Waals surface area contributed by atoms with Crippen LogP contribution in [0.15, 0.2) is 60.2 Å². The average molecular weight is 1130 g/mol. The number of primary amides is 1. The van der Waals surface area contributed by atoms with Crippen molar-refractivity contribution in [3.05, 3.63) is 65.8 Å². The summed E-state index contributed by atoms with van der Waals surface area (Å²) < 4.78 is 28.5. The van der Waals surface area contributed by atoms with Crippen LogP contribution in [0.1, 0.15) is 119 Å². The second kappa shape index (κ2) is 31.4. The predicted octanol–water partition coefficient (Wildman–Crippen LogP) is 1.81. The summed E-state index contributed by atoms with van der Waals surface area (Å²) in [6.07, 6.45) is 6.91. The van der Waals surface area contributed by atoms with E-state index in [1.807, 2.05) is 26.0 Å². The van der Waals surface area contributed by atoms with Crippen LogP contribution >= 0.6 is 0 Å². The van der Waals surface area contributed by atoms with E-state index in [0.717, 1.165) is 17.4 Å². The lowest BCUT2D eigenvalue weighted by Crippen LogP contribution is -2.61. The third-order valence-corrected chi connectivity index (χ3v) is 14.0. The van der Waals surface area contributed by atoms with Gasteiger partial charge in [-0.3, -0.25) is 43.9 Å². The molecule has 25 heteroatoms. The normalized spacial score (nSPS) is 24.3. The van der Waals surface area contributed by atoms with Gasteiger partial charge >= 0.3 is 18.1 Å². The molecule has 80 heavy (non-hydrogen) atoms. The highest BCUT2D eigenvalue weighted by Gasteiger charge is 2.58. The summed E-state index contributed by atoms with van der Waals surface area (Å²) in [7, 11) is 0. The fourth-order valence-corrected chi connectivity index (χ4v) is 9.46. The zero-order chi connectivity index (χ0) is 59.4. The van der Waals surface area contributed by atoms with Gasteiger partial charge in [0.2, 0.25) is 23.6 Å². The molecule has 1 aromatic carbocycles. The number of ether oxygens (including phenoxy) is 5. The number of nitrogens with one attached hydrogen (secondary N) is 4. The molecule has 3 aliphatic heterocycles. The Kier molecular flexibility index (Phi) is 25.9. The van der Waals surface area contributed by atoms with Gasteiger partial charge in [-0.15, -0.1) is 0 Å². The van der Waals surface area contributed by atoms with Crippen molar-refractivity contribution in [3.8, 4) is 0 Å². The van der Waals surface area contributed by atoms with Crippen molar-refractivity contribution >= 4 is 59.2 Å². The van der Waals surface area contributed by atoms with Crippen LogP contribution in [0, 0.1) is 11.8 Å². The topological polar surface area (TPSA) is 382 Å². The number of hydrazine groups is 1. The van der Waals surface area contributed by atoms with Crippen molar-refractivity contribution in [2.75, 3.05) is 24.6 Å². The van der Waals surface area contributed by atoms with Gasteiger partial charge in [0, 0.05) is 32.0 Å². The molecule has 0 aromatic heterocycles. The van der Waals surface area contributed by atoms with Crippen molar-refractivity contribution in [2.24, 2.45) is 34.8 Å². The van der Waals surface area contributed by atoms with Crippen LogP contribution in [-0.4, -0.2) is 150 Å². The molecule has 3 fully saturated rings. The van der Waals surface area contributed by atoms with Gasteiger partial charge in [-0.25, -0.2) is 19.9 Å². The van der Waals surface area contributed by atoms with Crippen LogP contribution in [0.4, 0.5) is 15.3 Å². The number of carbonyl (C=O) groups is 9. The lowest BCUT2D eigenvalue weighted by molar-refractivity contribution is -0.156. The first-order chi connectivity index (χ1) is 37.8. The molecule has 13 N–H and O–H groups in total. The second-order valence-electron chi connectivity index (χ2n) is 21.1. The van der Waals surface area contributed by atoms with E-state index in [2.05, 4.69) is 28.4 Å². The Labute approximate surface area is 467 Å². The molecule has 9 amide bonds. The molecule has 4 rings (SSSR count).